The van der Waals surface area contributed by atoms with Crippen LogP contribution in [0.1, 0.15) is 24.4 Å². The van der Waals surface area contributed by atoms with Gasteiger partial charge in [0.25, 0.3) is 0 Å². The van der Waals surface area contributed by atoms with Crippen LogP contribution in [-0.2, 0) is 10.0 Å². The van der Waals surface area contributed by atoms with E-state index in [2.05, 4.69) is 38.8 Å². The third-order valence-electron chi connectivity index (χ3n) is 4.95. The third-order valence-corrected chi connectivity index (χ3v) is 6.61. The first kappa shape index (κ1) is 20.1. The van der Waals surface area contributed by atoms with Gasteiger partial charge in [-0.1, -0.05) is 29.8 Å². The van der Waals surface area contributed by atoms with Crippen molar-refractivity contribution in [2.75, 3.05) is 38.6 Å². The van der Waals surface area contributed by atoms with E-state index in [9.17, 15) is 8.42 Å². The lowest BCUT2D eigenvalue weighted by Crippen LogP contribution is -2.36. The highest BCUT2D eigenvalue weighted by atomic mass is 35.5. The number of hydrogen-bond donors (Lipinski definition) is 1. The quantitative estimate of drug-likeness (QED) is 0.762. The van der Waals surface area contributed by atoms with Crippen LogP contribution in [0.25, 0.3) is 0 Å². The van der Waals surface area contributed by atoms with E-state index in [0.29, 0.717) is 11.6 Å². The van der Waals surface area contributed by atoms with Crippen molar-refractivity contribution in [1.82, 2.24) is 9.62 Å². The van der Waals surface area contributed by atoms with E-state index in [1.54, 1.807) is 18.2 Å². The van der Waals surface area contributed by atoms with E-state index in [4.69, 9.17) is 11.6 Å². The molecule has 1 saturated heterocycles. The van der Waals surface area contributed by atoms with Gasteiger partial charge < -0.3 is 4.90 Å². The smallest absolute Gasteiger partial charge is 0.240 e. The Kier molecular flexibility index (Phi) is 6.42. The van der Waals surface area contributed by atoms with Crippen LogP contribution in [0.2, 0.25) is 5.02 Å². The molecular weight excluding hydrogens is 382 g/mol. The van der Waals surface area contributed by atoms with Crippen molar-refractivity contribution >= 4 is 27.3 Å². The highest BCUT2D eigenvalue weighted by molar-refractivity contribution is 7.89. The molecule has 5 nitrogen and oxygen atoms in total. The molecule has 0 aliphatic carbocycles. The zero-order valence-electron chi connectivity index (χ0n) is 15.7. The van der Waals surface area contributed by atoms with Gasteiger partial charge in [-0.2, -0.15) is 0 Å². The van der Waals surface area contributed by atoms with Crippen LogP contribution in [0, 0.1) is 0 Å². The van der Waals surface area contributed by atoms with Gasteiger partial charge in [0.05, 0.1) is 4.90 Å². The van der Waals surface area contributed by atoms with Gasteiger partial charge in [-0.25, -0.2) is 13.1 Å². The molecule has 0 unspecified atom stereocenters. The Morgan fingerprint density at radius 2 is 1.78 bits per heavy atom. The fourth-order valence-electron chi connectivity index (χ4n) is 3.41. The summed E-state index contributed by atoms with van der Waals surface area (Å²) in [7, 11) is 0.406. The molecule has 146 valence electrons. The lowest BCUT2D eigenvalue weighted by molar-refractivity contribution is 0.246. The molecule has 0 bridgehead atoms. The van der Waals surface area contributed by atoms with Crippen LogP contribution in [0.5, 0.6) is 0 Å². The molecule has 0 spiro atoms. The first-order valence-electron chi connectivity index (χ1n) is 9.13. The summed E-state index contributed by atoms with van der Waals surface area (Å²) in [6.07, 6.45) is 2.29. The number of benzene rings is 2. The third kappa shape index (κ3) is 5.02. The zero-order chi connectivity index (χ0) is 19.4. The second-order valence-electron chi connectivity index (χ2n) is 7.05. The van der Waals surface area contributed by atoms with Gasteiger partial charge in [-0.15, -0.1) is 0 Å². The van der Waals surface area contributed by atoms with Gasteiger partial charge >= 0.3 is 0 Å². The van der Waals surface area contributed by atoms with Crippen LogP contribution in [0.3, 0.4) is 0 Å². The van der Waals surface area contributed by atoms with E-state index in [-0.39, 0.29) is 10.9 Å². The fourth-order valence-corrected chi connectivity index (χ4v) is 4.75. The lowest BCUT2D eigenvalue weighted by atomic mass is 10.1. The maximum Gasteiger partial charge on any atom is 0.240 e. The van der Waals surface area contributed by atoms with Crippen LogP contribution in [0.15, 0.2) is 53.4 Å². The molecule has 1 fully saturated rings. The largest absolute Gasteiger partial charge is 0.378 e. The Morgan fingerprint density at radius 1 is 1.11 bits per heavy atom. The fraction of sp³-hybridized carbons (Fsp3) is 0.400. The van der Waals surface area contributed by atoms with Crippen molar-refractivity contribution < 1.29 is 8.42 Å². The predicted octanol–water partition coefficient (Wildman–Crippen LogP) is 3.52. The van der Waals surface area contributed by atoms with Crippen LogP contribution in [-0.4, -0.2) is 47.0 Å². The number of hydrogen-bond acceptors (Lipinski definition) is 4. The standard InChI is InChI=1S/C20H26ClN3O2S/c1-23(2)18-10-8-16(9-11-18)20(24-12-3-4-13-24)15-22-27(25,26)19-7-5-6-17(21)14-19/h5-11,14,20,22H,3-4,12-13,15H2,1-2H3/t20-/m0/s1. The molecule has 3 rings (SSSR count). The van der Waals surface area contributed by atoms with Crippen LogP contribution in [0.4, 0.5) is 5.69 Å². The summed E-state index contributed by atoms with van der Waals surface area (Å²) >= 11 is 5.95. The van der Waals surface area contributed by atoms with Crippen molar-refractivity contribution in [1.29, 1.82) is 0 Å². The van der Waals surface area contributed by atoms with Gasteiger partial charge in [-0.05, 0) is 61.8 Å². The Labute approximate surface area is 167 Å². The highest BCUT2D eigenvalue weighted by Gasteiger charge is 2.25. The van der Waals surface area contributed by atoms with Gasteiger partial charge in [-0.3, -0.25) is 4.90 Å². The highest BCUT2D eigenvalue weighted by Crippen LogP contribution is 2.27. The number of nitrogens with one attached hydrogen (secondary N) is 1. The average Bonchev–Trinajstić information content (AvgIpc) is 3.16. The molecule has 1 N–H and O–H groups in total. The molecule has 2 aromatic rings. The molecule has 0 amide bonds. The number of likely N-dealkylation sites (tertiary alicyclic amines) is 1. The minimum absolute atomic E-state index is 0.0117. The van der Waals surface area contributed by atoms with Crippen LogP contribution < -0.4 is 9.62 Å². The normalized spacial score (nSPS) is 16.4. The summed E-state index contributed by atoms with van der Waals surface area (Å²) in [6.45, 7) is 2.30. The Bertz CT molecular complexity index is 863. The summed E-state index contributed by atoms with van der Waals surface area (Å²) < 4.78 is 28.1. The average molecular weight is 408 g/mol. The molecule has 0 aromatic heterocycles. The second kappa shape index (κ2) is 8.61. The van der Waals surface area contributed by atoms with Gasteiger partial charge in [0.15, 0.2) is 0 Å². The summed E-state index contributed by atoms with van der Waals surface area (Å²) in [4.78, 5) is 4.60. The van der Waals surface area contributed by atoms with Gasteiger partial charge in [0.1, 0.15) is 0 Å². The summed E-state index contributed by atoms with van der Waals surface area (Å²) in [5.41, 5.74) is 2.25. The topological polar surface area (TPSA) is 52.7 Å². The van der Waals surface area contributed by atoms with Gasteiger partial charge in [0, 0.05) is 37.4 Å². The second-order valence-corrected chi connectivity index (χ2v) is 9.26. The maximum absolute atomic E-state index is 12.7. The molecule has 1 aliphatic rings. The van der Waals surface area contributed by atoms with Gasteiger partial charge in [0.2, 0.25) is 10.0 Å². The predicted molar refractivity (Wildman–Crippen MR) is 111 cm³/mol. The molecule has 7 heteroatoms. The van der Waals surface area contributed by atoms with Crippen molar-refractivity contribution in [3.05, 3.63) is 59.1 Å². The van der Waals surface area contributed by atoms with E-state index in [1.165, 1.54) is 6.07 Å². The Hall–Kier alpha value is -1.60. The first-order chi connectivity index (χ1) is 12.9. The van der Waals surface area contributed by atoms with E-state index >= 15 is 0 Å². The maximum atomic E-state index is 12.7. The number of nitrogens with zero attached hydrogens (tertiary/aromatic N) is 2. The zero-order valence-corrected chi connectivity index (χ0v) is 17.3. The molecule has 1 atom stereocenters. The molecule has 0 saturated carbocycles. The van der Waals surface area contributed by atoms with Crippen molar-refractivity contribution in [3.63, 3.8) is 0 Å². The number of rotatable bonds is 7. The Balaban J connectivity index is 1.79. The summed E-state index contributed by atoms with van der Waals surface area (Å²) in [6, 6.07) is 14.7. The van der Waals surface area contributed by atoms with E-state index < -0.39 is 10.0 Å². The van der Waals surface area contributed by atoms with Crippen molar-refractivity contribution in [2.45, 2.75) is 23.8 Å². The SMILES string of the molecule is CN(C)c1ccc([C@H](CNS(=O)(=O)c2cccc(Cl)c2)N2CCCC2)cc1. The number of sulfonamides is 1. The minimum atomic E-state index is -3.61. The molecular formula is C20H26ClN3O2S. The van der Waals surface area contributed by atoms with Crippen molar-refractivity contribution in [2.24, 2.45) is 0 Å². The molecule has 2 aromatic carbocycles. The number of anilines is 1. The minimum Gasteiger partial charge on any atom is -0.378 e. The van der Waals surface area contributed by atoms with E-state index in [0.717, 1.165) is 37.2 Å². The molecule has 0 radical (unpaired) electrons. The van der Waals surface area contributed by atoms with Crippen LogP contribution >= 0.6 is 11.6 Å². The Morgan fingerprint density at radius 3 is 2.37 bits per heavy atom. The summed E-state index contributed by atoms with van der Waals surface area (Å²) in [5.74, 6) is 0. The monoisotopic (exact) mass is 407 g/mol. The summed E-state index contributed by atoms with van der Waals surface area (Å²) in [5, 5.41) is 0.410. The molecule has 1 aliphatic heterocycles. The van der Waals surface area contributed by atoms with E-state index in [1.807, 2.05) is 14.1 Å². The van der Waals surface area contributed by atoms with Crippen molar-refractivity contribution in [3.8, 4) is 0 Å². The lowest BCUT2D eigenvalue weighted by Gasteiger charge is -2.28. The number of halogens is 1. The molecule has 1 heterocycles. The first-order valence-corrected chi connectivity index (χ1v) is 11.0. The molecule has 27 heavy (non-hydrogen) atoms.